The number of hydrogen-bond donors (Lipinski definition) is 1. The summed E-state index contributed by atoms with van der Waals surface area (Å²) >= 11 is 0. The first kappa shape index (κ1) is 12.5. The van der Waals surface area contributed by atoms with Crippen LogP contribution >= 0.6 is 0 Å². The maximum Gasteiger partial charge on any atom is 0.506 e. The Morgan fingerprint density at radius 2 is 2.07 bits per heavy atom. The molecule has 0 aliphatic heterocycles. The molecule has 0 saturated carbocycles. The topological polar surface area (TPSA) is 72.8 Å². The van der Waals surface area contributed by atoms with Gasteiger partial charge in [-0.3, -0.25) is 4.79 Å². The molecule has 0 aliphatic rings. The van der Waals surface area contributed by atoms with Gasteiger partial charge in [0, 0.05) is 13.3 Å². The molecule has 14 heavy (non-hydrogen) atoms. The maximum atomic E-state index is 10.3. The summed E-state index contributed by atoms with van der Waals surface area (Å²) in [4.78, 5) is 20.4. The van der Waals surface area contributed by atoms with Gasteiger partial charge >= 0.3 is 12.1 Å². The third-order valence-corrected chi connectivity index (χ3v) is 1.32. The molecule has 1 atom stereocenters. The quantitative estimate of drug-likeness (QED) is 0.541. The molecule has 1 unspecified atom stereocenters. The van der Waals surface area contributed by atoms with Gasteiger partial charge in [0.2, 0.25) is 0 Å². The van der Waals surface area contributed by atoms with Crippen LogP contribution in [0.25, 0.3) is 0 Å². The molecule has 0 aromatic rings. The van der Waals surface area contributed by atoms with E-state index >= 15 is 0 Å². The molecule has 0 rings (SSSR count). The minimum Gasteiger partial charge on any atom is -0.462 e. The highest BCUT2D eigenvalue weighted by molar-refractivity contribution is 5.65. The van der Waals surface area contributed by atoms with E-state index in [0.717, 1.165) is 0 Å². The third-order valence-electron chi connectivity index (χ3n) is 1.32. The smallest absolute Gasteiger partial charge is 0.462 e. The standard InChI is InChI=1S/C9H14O5/c1-7(14-9(11)12)5-3-4-6-13-8(2)10/h3-4,7H,5-6H2,1-2H3,(H,11,12). The van der Waals surface area contributed by atoms with Gasteiger partial charge in [0.1, 0.15) is 12.7 Å². The van der Waals surface area contributed by atoms with Gasteiger partial charge in [-0.2, -0.15) is 0 Å². The first-order chi connectivity index (χ1) is 6.52. The van der Waals surface area contributed by atoms with Crippen LogP contribution < -0.4 is 0 Å². The number of rotatable bonds is 5. The molecule has 0 amide bonds. The maximum absolute atomic E-state index is 10.3. The summed E-state index contributed by atoms with van der Waals surface area (Å²) in [7, 11) is 0. The molecule has 0 aromatic carbocycles. The van der Waals surface area contributed by atoms with Crippen molar-refractivity contribution in [3.63, 3.8) is 0 Å². The van der Waals surface area contributed by atoms with E-state index in [1.807, 2.05) is 0 Å². The van der Waals surface area contributed by atoms with E-state index < -0.39 is 6.16 Å². The minimum atomic E-state index is -1.29. The highest BCUT2D eigenvalue weighted by Crippen LogP contribution is 1.98. The lowest BCUT2D eigenvalue weighted by molar-refractivity contribution is -0.139. The molecule has 0 fully saturated rings. The first-order valence-electron chi connectivity index (χ1n) is 4.20. The lowest BCUT2D eigenvalue weighted by Gasteiger charge is -2.06. The Hall–Kier alpha value is -1.52. The van der Waals surface area contributed by atoms with Gasteiger partial charge in [0.15, 0.2) is 0 Å². The van der Waals surface area contributed by atoms with Gasteiger partial charge in [-0.15, -0.1) is 0 Å². The number of hydrogen-bond acceptors (Lipinski definition) is 4. The van der Waals surface area contributed by atoms with E-state index in [9.17, 15) is 9.59 Å². The summed E-state index contributed by atoms with van der Waals surface area (Å²) in [6.07, 6.45) is 2.14. The van der Waals surface area contributed by atoms with Crippen LogP contribution in [0.3, 0.4) is 0 Å². The molecule has 5 nitrogen and oxygen atoms in total. The van der Waals surface area contributed by atoms with Crippen LogP contribution in [-0.2, 0) is 14.3 Å². The highest BCUT2D eigenvalue weighted by atomic mass is 16.7. The van der Waals surface area contributed by atoms with Crippen LogP contribution in [0, 0.1) is 0 Å². The SMILES string of the molecule is CC(=O)OCC=CCC(C)OC(=O)O. The number of ether oxygens (including phenoxy) is 2. The molecule has 0 radical (unpaired) electrons. The summed E-state index contributed by atoms with van der Waals surface area (Å²) in [5, 5.41) is 8.24. The van der Waals surface area contributed by atoms with Crippen molar-refractivity contribution in [3.8, 4) is 0 Å². The Bertz CT molecular complexity index is 221. The molecule has 0 heterocycles. The fourth-order valence-corrected chi connectivity index (χ4v) is 0.742. The van der Waals surface area contributed by atoms with Gasteiger partial charge in [-0.25, -0.2) is 4.79 Å². The van der Waals surface area contributed by atoms with Crippen LogP contribution in [0.15, 0.2) is 12.2 Å². The van der Waals surface area contributed by atoms with E-state index in [1.165, 1.54) is 6.92 Å². The largest absolute Gasteiger partial charge is 0.506 e. The first-order valence-corrected chi connectivity index (χ1v) is 4.20. The van der Waals surface area contributed by atoms with E-state index in [0.29, 0.717) is 6.42 Å². The molecule has 0 aliphatic carbocycles. The monoisotopic (exact) mass is 202 g/mol. The molecule has 0 saturated heterocycles. The van der Waals surface area contributed by atoms with Crippen molar-refractivity contribution in [2.75, 3.05) is 6.61 Å². The Labute approximate surface area is 82.3 Å². The molecule has 5 heteroatoms. The van der Waals surface area contributed by atoms with Crippen LogP contribution in [0.1, 0.15) is 20.3 Å². The Morgan fingerprint density at radius 1 is 1.43 bits per heavy atom. The lowest BCUT2D eigenvalue weighted by Crippen LogP contribution is -2.11. The van der Waals surface area contributed by atoms with Crippen LogP contribution in [0.4, 0.5) is 4.79 Å². The molecule has 0 spiro atoms. The highest BCUT2D eigenvalue weighted by Gasteiger charge is 2.03. The van der Waals surface area contributed by atoms with Crippen molar-refractivity contribution in [1.29, 1.82) is 0 Å². The fraction of sp³-hybridized carbons (Fsp3) is 0.556. The zero-order valence-corrected chi connectivity index (χ0v) is 8.23. The van der Waals surface area contributed by atoms with Gasteiger partial charge in [0.05, 0.1) is 0 Å². The predicted molar refractivity (Wildman–Crippen MR) is 49.0 cm³/mol. The van der Waals surface area contributed by atoms with E-state index in [-0.39, 0.29) is 18.7 Å². The van der Waals surface area contributed by atoms with Crippen molar-refractivity contribution >= 4 is 12.1 Å². The number of esters is 1. The third kappa shape index (κ3) is 8.58. The molecule has 0 aromatic heterocycles. The second-order valence-corrected chi connectivity index (χ2v) is 2.70. The number of carboxylic acid groups (broad SMARTS) is 1. The Morgan fingerprint density at radius 3 is 2.57 bits per heavy atom. The normalized spacial score (nSPS) is 12.4. The summed E-state index contributed by atoms with van der Waals surface area (Å²) in [6, 6.07) is 0. The zero-order valence-electron chi connectivity index (χ0n) is 8.23. The van der Waals surface area contributed by atoms with E-state index in [1.54, 1.807) is 19.1 Å². The van der Waals surface area contributed by atoms with Gasteiger partial charge in [-0.1, -0.05) is 12.2 Å². The Balaban J connectivity index is 3.50. The van der Waals surface area contributed by atoms with Crippen molar-refractivity contribution in [2.45, 2.75) is 26.4 Å². The molecule has 0 bridgehead atoms. The average molecular weight is 202 g/mol. The summed E-state index contributed by atoms with van der Waals surface area (Å²) < 4.78 is 9.06. The van der Waals surface area contributed by atoms with Gasteiger partial charge in [-0.05, 0) is 6.92 Å². The molecule has 1 N–H and O–H groups in total. The fourth-order valence-electron chi connectivity index (χ4n) is 0.742. The number of carbonyl (C=O) groups excluding carboxylic acids is 1. The minimum absolute atomic E-state index is 0.203. The van der Waals surface area contributed by atoms with Crippen molar-refractivity contribution in [2.24, 2.45) is 0 Å². The van der Waals surface area contributed by atoms with E-state index in [2.05, 4.69) is 9.47 Å². The Kier molecular flexibility index (Phi) is 6.19. The second-order valence-electron chi connectivity index (χ2n) is 2.70. The molecule has 80 valence electrons. The second kappa shape index (κ2) is 6.94. The van der Waals surface area contributed by atoms with Crippen LogP contribution in [0.2, 0.25) is 0 Å². The van der Waals surface area contributed by atoms with Crippen molar-refractivity contribution < 1.29 is 24.2 Å². The number of carbonyl (C=O) groups is 2. The van der Waals surface area contributed by atoms with Crippen molar-refractivity contribution in [3.05, 3.63) is 12.2 Å². The van der Waals surface area contributed by atoms with Crippen molar-refractivity contribution in [1.82, 2.24) is 0 Å². The molecular weight excluding hydrogens is 188 g/mol. The van der Waals surface area contributed by atoms with Gasteiger partial charge in [0.25, 0.3) is 0 Å². The van der Waals surface area contributed by atoms with Crippen LogP contribution in [0.5, 0.6) is 0 Å². The predicted octanol–water partition coefficient (Wildman–Crippen LogP) is 1.58. The summed E-state index contributed by atoms with van der Waals surface area (Å²) in [5.41, 5.74) is 0. The molecular formula is C9H14O5. The summed E-state index contributed by atoms with van der Waals surface area (Å²) in [6.45, 7) is 3.17. The van der Waals surface area contributed by atoms with E-state index in [4.69, 9.17) is 5.11 Å². The lowest BCUT2D eigenvalue weighted by atomic mass is 10.2. The zero-order chi connectivity index (χ0) is 11.0. The van der Waals surface area contributed by atoms with Gasteiger partial charge < -0.3 is 14.6 Å². The van der Waals surface area contributed by atoms with Crippen LogP contribution in [-0.4, -0.2) is 29.9 Å². The average Bonchev–Trinajstić information content (AvgIpc) is 2.01. The summed E-state index contributed by atoms with van der Waals surface area (Å²) in [5.74, 6) is -0.343.